The molecule has 0 unspecified atom stereocenters. The van der Waals surface area contributed by atoms with E-state index in [2.05, 4.69) is 4.72 Å². The van der Waals surface area contributed by atoms with Crippen LogP contribution in [0, 0.1) is 13.8 Å². The molecule has 0 amide bonds. The number of methoxy groups -OCH3 is 1. The van der Waals surface area contributed by atoms with Gasteiger partial charge in [-0.15, -0.1) is 0 Å². The van der Waals surface area contributed by atoms with Crippen molar-refractivity contribution in [1.29, 1.82) is 0 Å². The maximum Gasteiger partial charge on any atom is 0.240 e. The van der Waals surface area contributed by atoms with Gasteiger partial charge in [0.25, 0.3) is 0 Å². The van der Waals surface area contributed by atoms with E-state index in [-0.39, 0.29) is 0 Å². The van der Waals surface area contributed by atoms with Crippen molar-refractivity contribution in [2.24, 2.45) is 5.73 Å². The first-order valence-corrected chi connectivity index (χ1v) is 7.69. The van der Waals surface area contributed by atoms with Crippen LogP contribution in [0.5, 0.6) is 0 Å². The molecule has 0 saturated heterocycles. The summed E-state index contributed by atoms with van der Waals surface area (Å²) in [5, 5.41) is 0. The predicted octanol–water partition coefficient (Wildman–Crippen LogP) is 1.08. The van der Waals surface area contributed by atoms with Crippen LogP contribution < -0.4 is 10.5 Å². The minimum absolute atomic E-state index is 0.302. The number of benzene rings is 1. The monoisotopic (exact) mass is 286 g/mol. The van der Waals surface area contributed by atoms with Crippen molar-refractivity contribution in [3.63, 3.8) is 0 Å². The summed E-state index contributed by atoms with van der Waals surface area (Å²) < 4.78 is 31.9. The Hall–Kier alpha value is -0.950. The Balaban J connectivity index is 2.94. The minimum Gasteiger partial charge on any atom is -0.385 e. The molecule has 108 valence electrons. The zero-order chi connectivity index (χ0) is 14.5. The van der Waals surface area contributed by atoms with Crippen LogP contribution in [0.3, 0.4) is 0 Å². The van der Waals surface area contributed by atoms with Gasteiger partial charge in [-0.2, -0.15) is 0 Å². The number of sulfonamides is 1. The third-order valence-corrected chi connectivity index (χ3v) is 4.56. The third-order valence-electron chi connectivity index (χ3n) is 2.96. The molecule has 0 aliphatic carbocycles. The second-order valence-electron chi connectivity index (χ2n) is 4.49. The van der Waals surface area contributed by atoms with E-state index in [0.717, 1.165) is 16.7 Å². The Bertz CT molecular complexity index is 527. The average molecular weight is 286 g/mol. The van der Waals surface area contributed by atoms with Crippen LogP contribution in [0.4, 0.5) is 0 Å². The number of nitrogens with two attached hydrogens (primary N) is 1. The molecule has 1 aromatic carbocycles. The molecule has 1 aromatic rings. The van der Waals surface area contributed by atoms with Gasteiger partial charge in [-0.3, -0.25) is 0 Å². The highest BCUT2D eigenvalue weighted by Gasteiger charge is 2.17. The highest BCUT2D eigenvalue weighted by Crippen LogP contribution is 2.20. The second-order valence-corrected chi connectivity index (χ2v) is 6.23. The summed E-state index contributed by atoms with van der Waals surface area (Å²) in [5.74, 6) is 0. The third kappa shape index (κ3) is 4.28. The molecule has 0 aliphatic rings. The lowest BCUT2D eigenvalue weighted by molar-refractivity contribution is 0.196. The van der Waals surface area contributed by atoms with Crippen LogP contribution in [-0.2, 0) is 21.3 Å². The summed E-state index contributed by atoms with van der Waals surface area (Å²) in [6, 6.07) is 3.51. The van der Waals surface area contributed by atoms with Crippen LogP contribution in [0.15, 0.2) is 17.0 Å². The Morgan fingerprint density at radius 2 is 1.95 bits per heavy atom. The van der Waals surface area contributed by atoms with E-state index in [4.69, 9.17) is 10.5 Å². The first-order chi connectivity index (χ1) is 8.92. The molecule has 0 aromatic heterocycles. The van der Waals surface area contributed by atoms with Crippen molar-refractivity contribution >= 4 is 10.0 Å². The fourth-order valence-electron chi connectivity index (χ4n) is 1.88. The van der Waals surface area contributed by atoms with Gasteiger partial charge >= 0.3 is 0 Å². The van der Waals surface area contributed by atoms with Crippen molar-refractivity contribution in [3.8, 4) is 0 Å². The summed E-state index contributed by atoms with van der Waals surface area (Å²) >= 11 is 0. The Morgan fingerprint density at radius 3 is 2.53 bits per heavy atom. The number of ether oxygens (including phenoxy) is 1. The topological polar surface area (TPSA) is 81.4 Å². The van der Waals surface area contributed by atoms with Crippen LogP contribution in [0.1, 0.15) is 23.1 Å². The van der Waals surface area contributed by atoms with Gasteiger partial charge < -0.3 is 10.5 Å². The smallest absolute Gasteiger partial charge is 0.240 e. The molecule has 19 heavy (non-hydrogen) atoms. The highest BCUT2D eigenvalue weighted by atomic mass is 32.2. The van der Waals surface area contributed by atoms with Gasteiger partial charge in [0, 0.05) is 26.8 Å². The Labute approximate surface area is 115 Å². The number of hydrogen-bond acceptors (Lipinski definition) is 4. The zero-order valence-electron chi connectivity index (χ0n) is 11.7. The lowest BCUT2D eigenvalue weighted by atomic mass is 10.1. The first kappa shape index (κ1) is 16.1. The maximum atomic E-state index is 12.2. The normalized spacial score (nSPS) is 11.8. The van der Waals surface area contributed by atoms with E-state index in [1.807, 2.05) is 13.0 Å². The van der Waals surface area contributed by atoms with E-state index >= 15 is 0 Å². The molecule has 0 atom stereocenters. The van der Waals surface area contributed by atoms with E-state index in [0.29, 0.717) is 31.0 Å². The van der Waals surface area contributed by atoms with Crippen molar-refractivity contribution in [2.45, 2.75) is 31.7 Å². The summed E-state index contributed by atoms with van der Waals surface area (Å²) in [5.41, 5.74) is 8.21. The molecule has 1 rings (SSSR count). The van der Waals surface area contributed by atoms with Crippen LogP contribution >= 0.6 is 0 Å². The Morgan fingerprint density at radius 1 is 1.26 bits per heavy atom. The van der Waals surface area contributed by atoms with Gasteiger partial charge in [0.05, 0.1) is 4.90 Å². The molecular formula is C13H22N2O3S. The van der Waals surface area contributed by atoms with Gasteiger partial charge in [0.2, 0.25) is 10.0 Å². The second kappa shape index (κ2) is 7.00. The molecule has 3 N–H and O–H groups in total. The van der Waals surface area contributed by atoms with Crippen molar-refractivity contribution < 1.29 is 13.2 Å². The Kier molecular flexibility index (Phi) is 5.93. The van der Waals surface area contributed by atoms with Gasteiger partial charge in [-0.1, -0.05) is 6.07 Å². The maximum absolute atomic E-state index is 12.2. The van der Waals surface area contributed by atoms with Gasteiger partial charge in [-0.25, -0.2) is 13.1 Å². The molecule has 0 fully saturated rings. The highest BCUT2D eigenvalue weighted by molar-refractivity contribution is 7.89. The number of nitrogens with one attached hydrogen (secondary N) is 1. The quantitative estimate of drug-likeness (QED) is 0.735. The largest absolute Gasteiger partial charge is 0.385 e. The minimum atomic E-state index is -3.48. The molecule has 0 heterocycles. The molecule has 6 heteroatoms. The van der Waals surface area contributed by atoms with E-state index < -0.39 is 10.0 Å². The van der Waals surface area contributed by atoms with Crippen molar-refractivity contribution in [2.75, 3.05) is 20.3 Å². The number of rotatable bonds is 7. The van der Waals surface area contributed by atoms with E-state index in [9.17, 15) is 8.42 Å². The molecule has 0 bridgehead atoms. The van der Waals surface area contributed by atoms with E-state index in [1.165, 1.54) is 0 Å². The van der Waals surface area contributed by atoms with Gasteiger partial charge in [0.1, 0.15) is 0 Å². The summed E-state index contributed by atoms with van der Waals surface area (Å²) in [4.78, 5) is 0.302. The van der Waals surface area contributed by atoms with Crippen molar-refractivity contribution in [3.05, 3.63) is 28.8 Å². The molecule has 0 radical (unpaired) electrons. The lowest BCUT2D eigenvalue weighted by Crippen LogP contribution is -2.26. The van der Waals surface area contributed by atoms with Crippen LogP contribution in [0.2, 0.25) is 0 Å². The molecule has 0 spiro atoms. The standard InChI is InChI=1S/C13H22N2O3S/c1-10-7-11(2)13(8-12(10)9-14)19(16,17)15-5-4-6-18-3/h7-8,15H,4-6,9,14H2,1-3H3. The molecule has 0 saturated carbocycles. The van der Waals surface area contributed by atoms with Crippen LogP contribution in [-0.4, -0.2) is 28.7 Å². The zero-order valence-corrected chi connectivity index (χ0v) is 12.5. The van der Waals surface area contributed by atoms with Crippen molar-refractivity contribution in [1.82, 2.24) is 4.72 Å². The van der Waals surface area contributed by atoms with Crippen LogP contribution in [0.25, 0.3) is 0 Å². The SMILES string of the molecule is COCCCNS(=O)(=O)c1cc(CN)c(C)cc1C. The number of hydrogen-bond donors (Lipinski definition) is 2. The summed E-state index contributed by atoms with van der Waals surface area (Å²) in [7, 11) is -1.89. The fourth-order valence-corrected chi connectivity index (χ4v) is 3.23. The summed E-state index contributed by atoms with van der Waals surface area (Å²) in [6.07, 6.45) is 0.643. The average Bonchev–Trinajstić information content (AvgIpc) is 2.34. The van der Waals surface area contributed by atoms with E-state index in [1.54, 1.807) is 20.1 Å². The fraction of sp³-hybridized carbons (Fsp3) is 0.538. The number of aryl methyl sites for hydroxylation is 2. The lowest BCUT2D eigenvalue weighted by Gasteiger charge is -2.12. The van der Waals surface area contributed by atoms with Gasteiger partial charge in [-0.05, 0) is 43.0 Å². The first-order valence-electron chi connectivity index (χ1n) is 6.21. The summed E-state index contributed by atoms with van der Waals surface area (Å²) in [6.45, 7) is 4.94. The predicted molar refractivity (Wildman–Crippen MR) is 75.5 cm³/mol. The van der Waals surface area contributed by atoms with Gasteiger partial charge in [0.15, 0.2) is 0 Å². The molecular weight excluding hydrogens is 264 g/mol. The molecule has 5 nitrogen and oxygen atoms in total. The molecule has 0 aliphatic heterocycles.